The van der Waals surface area contributed by atoms with E-state index >= 15 is 0 Å². The fourth-order valence-corrected chi connectivity index (χ4v) is 7.51. The quantitative estimate of drug-likeness (QED) is 0.0149. The van der Waals surface area contributed by atoms with E-state index in [1.165, 1.54) is 57.8 Å². The fourth-order valence-electron chi connectivity index (χ4n) is 7.51. The average Bonchev–Trinajstić information content (AvgIpc) is 3.34. The van der Waals surface area contributed by atoms with Crippen LogP contribution in [0.1, 0.15) is 181 Å². The normalized spacial score (nSPS) is 20.7. The van der Waals surface area contributed by atoms with Crippen LogP contribution in [-0.4, -0.2) is 99.6 Å². The van der Waals surface area contributed by atoms with Gasteiger partial charge in [0.25, 0.3) is 0 Å². The lowest BCUT2D eigenvalue weighted by Crippen LogP contribution is -2.61. The van der Waals surface area contributed by atoms with Crippen LogP contribution in [0.15, 0.2) is 109 Å². The smallest absolute Gasteiger partial charge is 0.306 e. The van der Waals surface area contributed by atoms with Crippen molar-refractivity contribution in [3.8, 4) is 0 Å². The predicted molar refractivity (Wildman–Crippen MR) is 282 cm³/mol. The van der Waals surface area contributed by atoms with Crippen molar-refractivity contribution in [1.29, 1.82) is 0 Å². The minimum Gasteiger partial charge on any atom is -0.454 e. The Labute approximate surface area is 418 Å². The number of amides is 1. The van der Waals surface area contributed by atoms with E-state index in [0.717, 1.165) is 70.6 Å². The molecule has 69 heavy (non-hydrogen) atoms. The van der Waals surface area contributed by atoms with Crippen LogP contribution >= 0.6 is 0 Å². The summed E-state index contributed by atoms with van der Waals surface area (Å²) < 4.78 is 17.4. The lowest BCUT2D eigenvalue weighted by atomic mass is 9.99. The molecule has 11 heteroatoms. The van der Waals surface area contributed by atoms with Crippen molar-refractivity contribution in [3.63, 3.8) is 0 Å². The predicted octanol–water partition coefficient (Wildman–Crippen LogP) is 11.4. The molecule has 0 aromatic carbocycles. The molecule has 0 spiro atoms. The maximum Gasteiger partial charge on any atom is 0.306 e. The number of unbranched alkanes of at least 4 members (excludes halogenated alkanes) is 16. The molecule has 0 aromatic rings. The fraction of sp³-hybridized carbons (Fsp3) is 0.655. The molecular formula is C58H95NO10. The van der Waals surface area contributed by atoms with Gasteiger partial charge < -0.3 is 45.1 Å². The van der Waals surface area contributed by atoms with E-state index in [0.29, 0.717) is 19.3 Å². The number of aliphatic hydroxyl groups excluding tert-OH is 5. The van der Waals surface area contributed by atoms with Gasteiger partial charge in [-0.25, -0.2) is 0 Å². The molecule has 8 unspecified atom stereocenters. The minimum atomic E-state index is -1.65. The summed E-state index contributed by atoms with van der Waals surface area (Å²) in [6.07, 6.45) is 50.0. The lowest BCUT2D eigenvalue weighted by Gasteiger charge is -2.41. The molecule has 1 amide bonds. The lowest BCUT2D eigenvalue weighted by molar-refractivity contribution is -0.305. The number of carbonyl (C=O) groups is 2. The number of allylic oxidation sites excluding steroid dienone is 17. The summed E-state index contributed by atoms with van der Waals surface area (Å²) >= 11 is 0. The first-order valence-electron chi connectivity index (χ1n) is 26.7. The molecular weight excluding hydrogens is 871 g/mol. The second kappa shape index (κ2) is 45.5. The third-order valence-corrected chi connectivity index (χ3v) is 11.8. The van der Waals surface area contributed by atoms with Gasteiger partial charge in [0.1, 0.15) is 24.4 Å². The number of carbonyl (C=O) groups excluding carboxylic acids is 2. The van der Waals surface area contributed by atoms with E-state index in [1.54, 1.807) is 6.08 Å². The van der Waals surface area contributed by atoms with E-state index in [-0.39, 0.29) is 19.4 Å². The van der Waals surface area contributed by atoms with Gasteiger partial charge in [0.2, 0.25) is 5.91 Å². The van der Waals surface area contributed by atoms with Crippen LogP contribution < -0.4 is 5.32 Å². The van der Waals surface area contributed by atoms with Crippen molar-refractivity contribution < 1.29 is 49.3 Å². The minimum absolute atomic E-state index is 0.0183. The van der Waals surface area contributed by atoms with Gasteiger partial charge in [-0.1, -0.05) is 207 Å². The van der Waals surface area contributed by atoms with Crippen molar-refractivity contribution in [2.45, 2.75) is 230 Å². The van der Waals surface area contributed by atoms with E-state index < -0.39 is 67.4 Å². The van der Waals surface area contributed by atoms with Gasteiger partial charge in [0, 0.05) is 6.42 Å². The number of esters is 1. The Kier molecular flexibility index (Phi) is 41.7. The van der Waals surface area contributed by atoms with Gasteiger partial charge in [-0.15, -0.1) is 0 Å². The molecule has 1 fully saturated rings. The third kappa shape index (κ3) is 34.3. The first kappa shape index (κ1) is 63.3. The topological polar surface area (TPSA) is 175 Å². The third-order valence-electron chi connectivity index (χ3n) is 11.8. The summed E-state index contributed by atoms with van der Waals surface area (Å²) in [5, 5.41) is 56.6. The van der Waals surface area contributed by atoms with Crippen LogP contribution in [0.5, 0.6) is 0 Å². The summed E-state index contributed by atoms with van der Waals surface area (Å²) in [6.45, 7) is 5.50. The summed E-state index contributed by atoms with van der Waals surface area (Å²) in [6, 6.07) is -1.06. The molecule has 8 atom stereocenters. The number of hydrogen-bond acceptors (Lipinski definition) is 10. The molecule has 0 bridgehead atoms. The van der Waals surface area contributed by atoms with Gasteiger partial charge in [0.05, 0.1) is 25.4 Å². The standard InChI is InChI=1S/C58H95NO10/c1-4-7-10-13-16-19-22-24-25-26-28-30-33-36-39-42-45-51(62)57(66)59-49(50(61)44-41-38-35-32-29-21-18-15-12-9-6-3)48-67-58-56(55(65)54(64)52(47-60)68-58)69-53(63)46-43-40-37-34-31-27-23-20-17-14-11-8-5-2/h8,11,14,16-17,19-20,23-25,27-28,30-31,34,37,41,44,49-52,54-56,58,60-62,64-65H,4-7,9-10,12-13,15,18,21-22,26,29,32-33,35-36,38-40,42-43,45-48H2,1-3H3,(H,59,66)/b11-8+,17-14+,19-16-,23-20-,25-24-,30-28-,31-27-,37-34+,44-41+. The largest absolute Gasteiger partial charge is 0.454 e. The molecule has 1 aliphatic rings. The molecule has 0 aromatic heterocycles. The molecule has 6 N–H and O–H groups in total. The highest BCUT2D eigenvalue weighted by Crippen LogP contribution is 2.26. The number of aliphatic hydroxyl groups is 5. The Morgan fingerprint density at radius 3 is 1.71 bits per heavy atom. The zero-order chi connectivity index (χ0) is 50.4. The molecule has 1 rings (SSSR count). The van der Waals surface area contributed by atoms with Crippen LogP contribution in [0.4, 0.5) is 0 Å². The Hall–Kier alpha value is -3.68. The zero-order valence-electron chi connectivity index (χ0n) is 42.9. The molecule has 1 saturated heterocycles. The summed E-state index contributed by atoms with van der Waals surface area (Å²) in [5.41, 5.74) is 0. The second-order valence-electron chi connectivity index (χ2n) is 18.0. The van der Waals surface area contributed by atoms with Gasteiger partial charge in [0.15, 0.2) is 12.4 Å². The highest BCUT2D eigenvalue weighted by atomic mass is 16.7. The number of hydrogen-bond donors (Lipinski definition) is 6. The van der Waals surface area contributed by atoms with Crippen molar-refractivity contribution in [1.82, 2.24) is 5.32 Å². The van der Waals surface area contributed by atoms with Gasteiger partial charge in [-0.05, 0) is 77.0 Å². The zero-order valence-corrected chi connectivity index (χ0v) is 42.9. The summed E-state index contributed by atoms with van der Waals surface area (Å²) in [5.74, 6) is -1.31. The first-order valence-corrected chi connectivity index (χ1v) is 26.7. The Bertz CT molecular complexity index is 1530. The maximum atomic E-state index is 13.3. The average molecular weight is 966 g/mol. The van der Waals surface area contributed by atoms with E-state index in [2.05, 4.69) is 68.6 Å². The van der Waals surface area contributed by atoms with Crippen molar-refractivity contribution >= 4 is 11.9 Å². The van der Waals surface area contributed by atoms with Crippen LogP contribution in [-0.2, 0) is 23.8 Å². The number of rotatable bonds is 42. The number of nitrogens with one attached hydrogen (secondary N) is 1. The van der Waals surface area contributed by atoms with Crippen molar-refractivity contribution in [2.75, 3.05) is 13.2 Å². The van der Waals surface area contributed by atoms with Gasteiger partial charge in [-0.2, -0.15) is 0 Å². The molecule has 11 nitrogen and oxygen atoms in total. The van der Waals surface area contributed by atoms with E-state index in [1.807, 2.05) is 60.8 Å². The molecule has 392 valence electrons. The van der Waals surface area contributed by atoms with E-state index in [4.69, 9.17) is 14.2 Å². The summed E-state index contributed by atoms with van der Waals surface area (Å²) in [4.78, 5) is 26.3. The number of ether oxygens (including phenoxy) is 3. The Morgan fingerprint density at radius 2 is 1.10 bits per heavy atom. The monoisotopic (exact) mass is 966 g/mol. The Morgan fingerprint density at radius 1 is 0.594 bits per heavy atom. The van der Waals surface area contributed by atoms with Gasteiger partial charge in [-0.3, -0.25) is 9.59 Å². The highest BCUT2D eigenvalue weighted by Gasteiger charge is 2.47. The van der Waals surface area contributed by atoms with Crippen LogP contribution in [0, 0.1) is 0 Å². The molecule has 1 heterocycles. The van der Waals surface area contributed by atoms with Crippen molar-refractivity contribution in [2.24, 2.45) is 0 Å². The Balaban J connectivity index is 2.83. The van der Waals surface area contributed by atoms with E-state index in [9.17, 15) is 35.1 Å². The van der Waals surface area contributed by atoms with Crippen LogP contribution in [0.3, 0.4) is 0 Å². The SMILES string of the molecule is CC/C=C/C=C/C=C\C=C/C=C/CCCC(=O)OC1C(OCC(NC(=O)C(O)CCCCC/C=C\C/C=C\C/C=C\CCCCC)C(O)/C=C/CCCCCCCCCCC)OC(CO)C(O)C1O. The van der Waals surface area contributed by atoms with Crippen LogP contribution in [0.25, 0.3) is 0 Å². The second-order valence-corrected chi connectivity index (χ2v) is 18.0. The van der Waals surface area contributed by atoms with Crippen molar-refractivity contribution in [3.05, 3.63) is 109 Å². The molecule has 1 aliphatic heterocycles. The molecule has 0 radical (unpaired) electrons. The molecule has 0 saturated carbocycles. The molecule has 0 aliphatic carbocycles. The highest BCUT2D eigenvalue weighted by molar-refractivity contribution is 5.80. The summed E-state index contributed by atoms with van der Waals surface area (Å²) in [7, 11) is 0. The van der Waals surface area contributed by atoms with Gasteiger partial charge >= 0.3 is 5.97 Å². The van der Waals surface area contributed by atoms with Crippen LogP contribution in [0.2, 0.25) is 0 Å². The maximum absolute atomic E-state index is 13.3. The first-order chi connectivity index (χ1) is 33.7.